The van der Waals surface area contributed by atoms with E-state index in [1.165, 1.54) is 11.1 Å². The van der Waals surface area contributed by atoms with E-state index < -0.39 is 0 Å². The van der Waals surface area contributed by atoms with E-state index in [4.69, 9.17) is 9.47 Å². The van der Waals surface area contributed by atoms with E-state index >= 15 is 0 Å². The first-order chi connectivity index (χ1) is 20.4. The second-order valence-corrected chi connectivity index (χ2v) is 12.6. The number of Topliss-reactive ketones (excluding diaryl/α,β-unsaturated/α-hetero) is 2. The highest BCUT2D eigenvalue weighted by atomic mass is 127. The number of methoxy groups -OCH3 is 1. The number of allylic oxidation sites excluding steroid dienone is 4. The first kappa shape index (κ1) is 28.7. The molecule has 0 N–H and O–H groups in total. The molecule has 0 fully saturated rings. The highest BCUT2D eigenvalue weighted by Crippen LogP contribution is 2.50. The molecule has 6 heteroatoms. The van der Waals surface area contributed by atoms with Gasteiger partial charge in [0, 0.05) is 47.8 Å². The Hall–Kier alpha value is -3.39. The smallest absolute Gasteiger partial charge is 0.174 e. The fourth-order valence-electron chi connectivity index (χ4n) is 6.59. The van der Waals surface area contributed by atoms with Gasteiger partial charge in [0.15, 0.2) is 23.1 Å². The monoisotopic (exact) mass is 673 g/mol. The van der Waals surface area contributed by atoms with E-state index in [-0.39, 0.29) is 17.5 Å². The number of hydrogen-bond donors (Lipinski definition) is 0. The van der Waals surface area contributed by atoms with Crippen molar-refractivity contribution >= 4 is 34.2 Å². The van der Waals surface area contributed by atoms with Gasteiger partial charge in [-0.15, -0.1) is 0 Å². The number of ketones is 2. The molecule has 3 aliphatic rings. The van der Waals surface area contributed by atoms with E-state index in [2.05, 4.69) is 89.0 Å². The summed E-state index contributed by atoms with van der Waals surface area (Å²) in [6.45, 7) is 3.26. The SMILES string of the molecule is COc1cc(C2C3=C(CCCC3=O)N(CCc3ccccc3)C3=C2C(=O)CCC3)cc(I)c1OCc1ccc(C)cc1. The number of benzene rings is 3. The number of carbonyl (C=O) groups excluding carboxylic acids is 2. The summed E-state index contributed by atoms with van der Waals surface area (Å²) < 4.78 is 13.0. The van der Waals surface area contributed by atoms with Gasteiger partial charge in [0.05, 0.1) is 10.7 Å². The van der Waals surface area contributed by atoms with Crippen LogP contribution in [0.4, 0.5) is 0 Å². The topological polar surface area (TPSA) is 55.8 Å². The molecule has 1 aliphatic heterocycles. The number of ether oxygens (including phenoxy) is 2. The third kappa shape index (κ3) is 5.65. The molecule has 0 atom stereocenters. The van der Waals surface area contributed by atoms with Crippen LogP contribution in [0.3, 0.4) is 0 Å². The van der Waals surface area contributed by atoms with Crippen LogP contribution in [0.25, 0.3) is 0 Å². The predicted octanol–water partition coefficient (Wildman–Crippen LogP) is 7.84. The molecule has 3 aromatic carbocycles. The first-order valence-corrected chi connectivity index (χ1v) is 15.9. The van der Waals surface area contributed by atoms with Crippen LogP contribution in [0.15, 0.2) is 89.3 Å². The van der Waals surface area contributed by atoms with Gasteiger partial charge in [-0.25, -0.2) is 0 Å². The fraction of sp³-hybridized carbons (Fsp3) is 0.333. The van der Waals surface area contributed by atoms with Crippen LogP contribution in [-0.4, -0.2) is 30.1 Å². The van der Waals surface area contributed by atoms with Crippen molar-refractivity contribution in [2.75, 3.05) is 13.7 Å². The number of halogens is 1. The molecular formula is C36H36INO4. The summed E-state index contributed by atoms with van der Waals surface area (Å²) in [5, 5.41) is 0. The average molecular weight is 674 g/mol. The van der Waals surface area contributed by atoms with Gasteiger partial charge in [-0.05, 0) is 90.4 Å². The molecule has 3 aromatic rings. The largest absolute Gasteiger partial charge is 0.493 e. The number of nitrogens with zero attached hydrogens (tertiary/aromatic N) is 1. The summed E-state index contributed by atoms with van der Waals surface area (Å²) in [5.41, 5.74) is 8.28. The van der Waals surface area contributed by atoms with Crippen LogP contribution in [0, 0.1) is 10.5 Å². The predicted molar refractivity (Wildman–Crippen MR) is 173 cm³/mol. The highest BCUT2D eigenvalue weighted by Gasteiger charge is 2.43. The molecule has 0 aromatic heterocycles. The molecule has 0 radical (unpaired) electrons. The second kappa shape index (κ2) is 12.5. The van der Waals surface area contributed by atoms with Crippen molar-refractivity contribution in [3.05, 3.63) is 115 Å². The minimum Gasteiger partial charge on any atom is -0.493 e. The molecule has 5 nitrogen and oxygen atoms in total. The summed E-state index contributed by atoms with van der Waals surface area (Å²) in [6.07, 6.45) is 5.28. The Morgan fingerprint density at radius 1 is 0.833 bits per heavy atom. The van der Waals surface area contributed by atoms with Crippen molar-refractivity contribution in [2.24, 2.45) is 0 Å². The Balaban J connectivity index is 1.40. The normalized spacial score (nSPS) is 17.4. The van der Waals surface area contributed by atoms with Crippen LogP contribution in [-0.2, 0) is 22.6 Å². The molecule has 0 saturated carbocycles. The lowest BCUT2D eigenvalue weighted by Crippen LogP contribution is -2.40. The van der Waals surface area contributed by atoms with Gasteiger partial charge in [0.25, 0.3) is 0 Å². The van der Waals surface area contributed by atoms with E-state index in [9.17, 15) is 9.59 Å². The van der Waals surface area contributed by atoms with Crippen LogP contribution >= 0.6 is 22.6 Å². The Morgan fingerprint density at radius 2 is 1.48 bits per heavy atom. The minimum absolute atomic E-state index is 0.157. The third-order valence-corrected chi connectivity index (χ3v) is 9.44. The molecule has 216 valence electrons. The van der Waals surface area contributed by atoms with E-state index in [0.717, 1.165) is 75.9 Å². The van der Waals surface area contributed by atoms with Crippen molar-refractivity contribution < 1.29 is 19.1 Å². The number of carbonyl (C=O) groups is 2. The van der Waals surface area contributed by atoms with E-state index in [0.29, 0.717) is 30.9 Å². The number of rotatable bonds is 8. The molecule has 0 bridgehead atoms. The molecule has 42 heavy (non-hydrogen) atoms. The second-order valence-electron chi connectivity index (χ2n) is 11.4. The average Bonchev–Trinajstić information content (AvgIpc) is 3.00. The molecule has 0 unspecified atom stereocenters. The zero-order valence-corrected chi connectivity index (χ0v) is 26.4. The highest BCUT2D eigenvalue weighted by molar-refractivity contribution is 14.1. The standard InChI is InChI=1S/C36H36INO4/c1-23-14-16-25(17-15-23)22-42-36-27(37)20-26(21-32(36)41-2)33-34-28(10-6-12-30(34)39)38(19-18-24-8-4-3-5-9-24)29-11-7-13-31(40)35(29)33/h3-5,8-9,14-17,20-21,33H,6-7,10-13,18-19,22H2,1-2H3. The van der Waals surface area contributed by atoms with Gasteiger partial charge in [-0.1, -0.05) is 60.2 Å². The maximum atomic E-state index is 13.7. The maximum absolute atomic E-state index is 13.7. The molecule has 2 aliphatic carbocycles. The molecule has 0 saturated heterocycles. The van der Waals surface area contributed by atoms with Crippen molar-refractivity contribution in [3.63, 3.8) is 0 Å². The van der Waals surface area contributed by atoms with Crippen LogP contribution in [0.5, 0.6) is 11.5 Å². The first-order valence-electron chi connectivity index (χ1n) is 14.8. The van der Waals surface area contributed by atoms with Crippen molar-refractivity contribution in [3.8, 4) is 11.5 Å². The Morgan fingerprint density at radius 3 is 2.10 bits per heavy atom. The Labute approximate surface area is 261 Å². The number of hydrogen-bond acceptors (Lipinski definition) is 5. The lowest BCUT2D eigenvalue weighted by molar-refractivity contribution is -0.117. The van der Waals surface area contributed by atoms with Crippen LogP contribution in [0.1, 0.15) is 66.7 Å². The van der Waals surface area contributed by atoms with E-state index in [1.54, 1.807) is 7.11 Å². The van der Waals surface area contributed by atoms with Gasteiger partial charge in [-0.3, -0.25) is 9.59 Å². The minimum atomic E-state index is -0.378. The van der Waals surface area contributed by atoms with Crippen LogP contribution in [0.2, 0.25) is 0 Å². The molecule has 6 rings (SSSR count). The van der Waals surface area contributed by atoms with Gasteiger partial charge < -0.3 is 14.4 Å². The summed E-state index contributed by atoms with van der Waals surface area (Å²) in [5.74, 6) is 1.23. The molecule has 0 spiro atoms. The summed E-state index contributed by atoms with van der Waals surface area (Å²) in [6, 6.07) is 22.8. The summed E-state index contributed by atoms with van der Waals surface area (Å²) in [4.78, 5) is 29.8. The zero-order valence-electron chi connectivity index (χ0n) is 24.3. The summed E-state index contributed by atoms with van der Waals surface area (Å²) >= 11 is 2.29. The number of aryl methyl sites for hydroxylation is 1. The molecular weight excluding hydrogens is 637 g/mol. The quantitative estimate of drug-likeness (QED) is 0.228. The van der Waals surface area contributed by atoms with Crippen molar-refractivity contribution in [2.45, 2.75) is 64.4 Å². The Kier molecular flexibility index (Phi) is 8.52. The van der Waals surface area contributed by atoms with Crippen molar-refractivity contribution in [1.82, 2.24) is 4.90 Å². The zero-order chi connectivity index (χ0) is 29.2. The molecule has 1 heterocycles. The van der Waals surface area contributed by atoms with Gasteiger partial charge in [0.2, 0.25) is 0 Å². The Bertz CT molecular complexity index is 1530. The van der Waals surface area contributed by atoms with E-state index in [1.807, 2.05) is 12.1 Å². The molecule has 0 amide bonds. The van der Waals surface area contributed by atoms with Gasteiger partial charge in [0.1, 0.15) is 6.61 Å². The fourth-order valence-corrected chi connectivity index (χ4v) is 7.37. The summed E-state index contributed by atoms with van der Waals surface area (Å²) in [7, 11) is 1.65. The lowest BCUT2D eigenvalue weighted by Gasteiger charge is -2.44. The van der Waals surface area contributed by atoms with Crippen LogP contribution < -0.4 is 9.47 Å². The van der Waals surface area contributed by atoms with Gasteiger partial charge >= 0.3 is 0 Å². The maximum Gasteiger partial charge on any atom is 0.174 e. The van der Waals surface area contributed by atoms with Crippen molar-refractivity contribution in [1.29, 1.82) is 0 Å². The lowest BCUT2D eigenvalue weighted by atomic mass is 9.71. The third-order valence-electron chi connectivity index (χ3n) is 8.64. The van der Waals surface area contributed by atoms with Gasteiger partial charge in [-0.2, -0.15) is 0 Å².